The van der Waals surface area contributed by atoms with Crippen LogP contribution < -0.4 is 15.5 Å². The van der Waals surface area contributed by atoms with Gasteiger partial charge in [-0.25, -0.2) is 0 Å². The van der Waals surface area contributed by atoms with E-state index >= 15 is 0 Å². The van der Waals surface area contributed by atoms with Crippen LogP contribution in [0, 0.1) is 0 Å². The summed E-state index contributed by atoms with van der Waals surface area (Å²) in [7, 11) is 1.86. The second-order valence-corrected chi connectivity index (χ2v) is 5.76. The van der Waals surface area contributed by atoms with Gasteiger partial charge in [0.2, 0.25) is 0 Å². The second-order valence-electron chi connectivity index (χ2n) is 5.76. The van der Waals surface area contributed by atoms with Gasteiger partial charge in [-0.2, -0.15) is 0 Å². The summed E-state index contributed by atoms with van der Waals surface area (Å²) >= 11 is 0. The van der Waals surface area contributed by atoms with E-state index in [9.17, 15) is 0 Å². The van der Waals surface area contributed by atoms with E-state index in [0.29, 0.717) is 12.1 Å². The van der Waals surface area contributed by atoms with Gasteiger partial charge < -0.3 is 15.5 Å². The van der Waals surface area contributed by atoms with Crippen LogP contribution in [0.5, 0.6) is 0 Å². The van der Waals surface area contributed by atoms with Gasteiger partial charge in [-0.15, -0.1) is 0 Å². The molecular formula is C16H24N4. The Balaban J connectivity index is 1.51. The molecule has 2 fully saturated rings. The monoisotopic (exact) mass is 272 g/mol. The van der Waals surface area contributed by atoms with E-state index in [2.05, 4.69) is 50.9 Å². The molecule has 1 unspecified atom stereocenters. The standard InChI is InChI=1S/C16H24N4/c1-17-16(18-13-6-5-7-13)19-14-10-11-20(12-14)15-8-3-2-4-9-15/h2-4,8-9,13-14H,5-7,10-12H2,1H3,(H2,17,18,19). The van der Waals surface area contributed by atoms with Crippen LogP contribution in [0.4, 0.5) is 5.69 Å². The van der Waals surface area contributed by atoms with Crippen LogP contribution in [0.2, 0.25) is 0 Å². The van der Waals surface area contributed by atoms with Crippen LogP contribution >= 0.6 is 0 Å². The van der Waals surface area contributed by atoms with E-state index in [1.165, 1.54) is 31.4 Å². The van der Waals surface area contributed by atoms with Gasteiger partial charge in [0.1, 0.15) is 0 Å². The molecule has 1 heterocycles. The molecule has 4 nitrogen and oxygen atoms in total. The minimum absolute atomic E-state index is 0.487. The summed E-state index contributed by atoms with van der Waals surface area (Å²) < 4.78 is 0. The van der Waals surface area contributed by atoms with Crippen LogP contribution in [0.1, 0.15) is 25.7 Å². The molecular weight excluding hydrogens is 248 g/mol. The maximum Gasteiger partial charge on any atom is 0.191 e. The van der Waals surface area contributed by atoms with E-state index in [-0.39, 0.29) is 0 Å². The molecule has 0 spiro atoms. The summed E-state index contributed by atoms with van der Waals surface area (Å²) in [6.07, 6.45) is 5.07. The van der Waals surface area contributed by atoms with Crippen molar-refractivity contribution in [1.29, 1.82) is 0 Å². The molecule has 0 aromatic heterocycles. The zero-order valence-corrected chi connectivity index (χ0v) is 12.2. The Bertz CT molecular complexity index is 453. The first-order chi connectivity index (χ1) is 9.85. The molecule has 1 aliphatic carbocycles. The summed E-state index contributed by atoms with van der Waals surface area (Å²) in [5, 5.41) is 7.07. The highest BCUT2D eigenvalue weighted by Crippen LogP contribution is 2.20. The highest BCUT2D eigenvalue weighted by molar-refractivity contribution is 5.80. The topological polar surface area (TPSA) is 39.7 Å². The third-order valence-electron chi connectivity index (χ3n) is 4.32. The number of nitrogens with zero attached hydrogens (tertiary/aromatic N) is 2. The van der Waals surface area contributed by atoms with E-state index in [1.807, 2.05) is 7.05 Å². The van der Waals surface area contributed by atoms with Crippen LogP contribution in [0.15, 0.2) is 35.3 Å². The Morgan fingerprint density at radius 1 is 1.10 bits per heavy atom. The molecule has 1 atom stereocenters. The van der Waals surface area contributed by atoms with Crippen molar-refractivity contribution in [2.24, 2.45) is 4.99 Å². The predicted molar refractivity (Wildman–Crippen MR) is 84.3 cm³/mol. The second kappa shape index (κ2) is 6.16. The van der Waals surface area contributed by atoms with Crippen molar-refractivity contribution in [3.05, 3.63) is 30.3 Å². The molecule has 1 aromatic carbocycles. The quantitative estimate of drug-likeness (QED) is 0.653. The van der Waals surface area contributed by atoms with Gasteiger partial charge in [0.15, 0.2) is 5.96 Å². The largest absolute Gasteiger partial charge is 0.369 e. The maximum absolute atomic E-state index is 4.35. The van der Waals surface area contributed by atoms with Crippen LogP contribution in [0.3, 0.4) is 0 Å². The third kappa shape index (κ3) is 3.06. The highest BCUT2D eigenvalue weighted by Gasteiger charge is 2.25. The van der Waals surface area contributed by atoms with Gasteiger partial charge in [-0.3, -0.25) is 4.99 Å². The van der Waals surface area contributed by atoms with Crippen molar-refractivity contribution < 1.29 is 0 Å². The molecule has 4 heteroatoms. The van der Waals surface area contributed by atoms with Crippen LogP contribution in [-0.2, 0) is 0 Å². The fourth-order valence-electron chi connectivity index (χ4n) is 2.86. The van der Waals surface area contributed by atoms with E-state index in [1.54, 1.807) is 0 Å². The molecule has 108 valence electrons. The van der Waals surface area contributed by atoms with E-state index < -0.39 is 0 Å². The lowest BCUT2D eigenvalue weighted by atomic mass is 9.93. The SMILES string of the molecule is CN=C(NC1CCC1)NC1CCN(c2ccccc2)C1. The van der Waals surface area contributed by atoms with Gasteiger partial charge >= 0.3 is 0 Å². The van der Waals surface area contributed by atoms with Gasteiger partial charge in [0.05, 0.1) is 0 Å². The number of aliphatic imine (C=N–C) groups is 1. The molecule has 2 aliphatic rings. The lowest BCUT2D eigenvalue weighted by Gasteiger charge is -2.29. The molecule has 0 amide bonds. The number of nitrogens with one attached hydrogen (secondary N) is 2. The molecule has 3 rings (SSSR count). The molecule has 1 saturated heterocycles. The summed E-state index contributed by atoms with van der Waals surface area (Å²) in [6, 6.07) is 11.8. The third-order valence-corrected chi connectivity index (χ3v) is 4.32. The average molecular weight is 272 g/mol. The average Bonchev–Trinajstić information content (AvgIpc) is 2.91. The fraction of sp³-hybridized carbons (Fsp3) is 0.562. The van der Waals surface area contributed by atoms with Crippen molar-refractivity contribution in [2.45, 2.75) is 37.8 Å². The van der Waals surface area contributed by atoms with Crippen molar-refractivity contribution in [2.75, 3.05) is 25.0 Å². The van der Waals surface area contributed by atoms with Gasteiger partial charge in [0, 0.05) is 37.9 Å². The number of anilines is 1. The molecule has 20 heavy (non-hydrogen) atoms. The van der Waals surface area contributed by atoms with E-state index in [0.717, 1.165) is 19.0 Å². The van der Waals surface area contributed by atoms with Crippen LogP contribution in [-0.4, -0.2) is 38.2 Å². The van der Waals surface area contributed by atoms with Crippen LogP contribution in [0.25, 0.3) is 0 Å². The van der Waals surface area contributed by atoms with Crippen molar-refractivity contribution >= 4 is 11.6 Å². The Kier molecular flexibility index (Phi) is 4.09. The van der Waals surface area contributed by atoms with Crippen molar-refractivity contribution in [3.63, 3.8) is 0 Å². The number of hydrogen-bond donors (Lipinski definition) is 2. The Morgan fingerprint density at radius 3 is 2.50 bits per heavy atom. The number of para-hydroxylation sites is 1. The van der Waals surface area contributed by atoms with Crippen molar-refractivity contribution in [3.8, 4) is 0 Å². The van der Waals surface area contributed by atoms with Crippen molar-refractivity contribution in [1.82, 2.24) is 10.6 Å². The highest BCUT2D eigenvalue weighted by atomic mass is 15.2. The first-order valence-electron chi connectivity index (χ1n) is 7.65. The molecule has 1 aromatic rings. The minimum atomic E-state index is 0.487. The van der Waals surface area contributed by atoms with Gasteiger partial charge in [0.25, 0.3) is 0 Å². The van der Waals surface area contributed by atoms with E-state index in [4.69, 9.17) is 0 Å². The van der Waals surface area contributed by atoms with Gasteiger partial charge in [-0.1, -0.05) is 18.2 Å². The minimum Gasteiger partial charge on any atom is -0.369 e. The lowest BCUT2D eigenvalue weighted by Crippen LogP contribution is -2.50. The van der Waals surface area contributed by atoms with Gasteiger partial charge in [-0.05, 0) is 37.8 Å². The normalized spacial score (nSPS) is 23.6. The smallest absolute Gasteiger partial charge is 0.191 e. The summed E-state index contributed by atoms with van der Waals surface area (Å²) in [5.74, 6) is 0.967. The molecule has 0 radical (unpaired) electrons. The molecule has 0 bridgehead atoms. The fourth-order valence-corrected chi connectivity index (χ4v) is 2.86. The molecule has 1 saturated carbocycles. The molecule has 1 aliphatic heterocycles. The number of hydrogen-bond acceptors (Lipinski definition) is 2. The Morgan fingerprint density at radius 2 is 1.85 bits per heavy atom. The first-order valence-corrected chi connectivity index (χ1v) is 7.65. The summed E-state index contributed by atoms with van der Waals surface area (Å²) in [6.45, 7) is 2.16. The number of benzene rings is 1. The summed E-state index contributed by atoms with van der Waals surface area (Å²) in [4.78, 5) is 6.79. The summed E-state index contributed by atoms with van der Waals surface area (Å²) in [5.41, 5.74) is 1.32. The maximum atomic E-state index is 4.35. The zero-order chi connectivity index (χ0) is 13.8. The number of guanidine groups is 1. The Hall–Kier alpha value is -1.71. The first kappa shape index (κ1) is 13.3. The predicted octanol–water partition coefficient (Wildman–Crippen LogP) is 1.98. The molecule has 2 N–H and O–H groups in total. The lowest BCUT2D eigenvalue weighted by molar-refractivity contribution is 0.378. The Labute approximate surface area is 121 Å². The zero-order valence-electron chi connectivity index (χ0n) is 12.2. The number of rotatable bonds is 3.